The van der Waals surface area contributed by atoms with Gasteiger partial charge in [-0.25, -0.2) is 9.97 Å². The maximum absolute atomic E-state index is 12.3. The number of aromatic nitrogens is 2. The van der Waals surface area contributed by atoms with Crippen LogP contribution >= 0.6 is 15.9 Å². The van der Waals surface area contributed by atoms with Crippen LogP contribution in [0.4, 0.5) is 5.69 Å². The highest BCUT2D eigenvalue weighted by atomic mass is 79.9. The van der Waals surface area contributed by atoms with Gasteiger partial charge < -0.3 is 10.1 Å². The summed E-state index contributed by atoms with van der Waals surface area (Å²) in [5.74, 6) is 0.0408. The molecule has 1 amide bonds. The highest BCUT2D eigenvalue weighted by Gasteiger charge is 2.10. The third-order valence-corrected chi connectivity index (χ3v) is 3.73. The van der Waals surface area contributed by atoms with Gasteiger partial charge in [-0.3, -0.25) is 4.79 Å². The standard InChI is InChI=1S/C18H14BrN3O2/c19-14-6-8-15(9-7-14)22-18(23)16-10-17(21-12-20-16)24-11-13-4-2-1-3-5-13/h1-10,12H,11H2,(H,22,23). The van der Waals surface area contributed by atoms with Crippen molar-refractivity contribution < 1.29 is 9.53 Å². The van der Waals surface area contributed by atoms with E-state index in [1.807, 2.05) is 42.5 Å². The second-order valence-corrected chi connectivity index (χ2v) is 5.89. The Bertz CT molecular complexity index is 823. The van der Waals surface area contributed by atoms with Crippen molar-refractivity contribution in [3.05, 3.63) is 82.7 Å². The minimum Gasteiger partial charge on any atom is -0.473 e. The van der Waals surface area contributed by atoms with Crippen LogP contribution in [0.5, 0.6) is 5.88 Å². The number of nitrogens with one attached hydrogen (secondary N) is 1. The van der Waals surface area contributed by atoms with Crippen molar-refractivity contribution in [2.75, 3.05) is 5.32 Å². The molecule has 24 heavy (non-hydrogen) atoms. The lowest BCUT2D eigenvalue weighted by atomic mass is 10.2. The number of amides is 1. The number of anilines is 1. The van der Waals surface area contributed by atoms with Crippen LogP contribution in [-0.4, -0.2) is 15.9 Å². The Morgan fingerprint density at radius 2 is 1.79 bits per heavy atom. The molecule has 6 heteroatoms. The molecule has 0 aliphatic carbocycles. The van der Waals surface area contributed by atoms with E-state index >= 15 is 0 Å². The average Bonchev–Trinajstić information content (AvgIpc) is 2.63. The number of hydrogen-bond donors (Lipinski definition) is 1. The van der Waals surface area contributed by atoms with Crippen LogP contribution in [0, 0.1) is 0 Å². The normalized spacial score (nSPS) is 10.2. The molecule has 0 unspecified atom stereocenters. The molecule has 120 valence electrons. The molecule has 0 radical (unpaired) electrons. The zero-order valence-electron chi connectivity index (χ0n) is 12.6. The SMILES string of the molecule is O=C(Nc1ccc(Br)cc1)c1cc(OCc2ccccc2)ncn1. The highest BCUT2D eigenvalue weighted by molar-refractivity contribution is 9.10. The summed E-state index contributed by atoms with van der Waals surface area (Å²) in [6.07, 6.45) is 1.32. The fourth-order valence-corrected chi connectivity index (χ4v) is 2.27. The fraction of sp³-hybridized carbons (Fsp3) is 0.0556. The topological polar surface area (TPSA) is 64.1 Å². The van der Waals surface area contributed by atoms with E-state index in [0.717, 1.165) is 10.0 Å². The van der Waals surface area contributed by atoms with Crippen molar-refractivity contribution in [2.45, 2.75) is 6.61 Å². The lowest BCUT2D eigenvalue weighted by Gasteiger charge is -2.07. The van der Waals surface area contributed by atoms with E-state index < -0.39 is 0 Å². The predicted octanol–water partition coefficient (Wildman–Crippen LogP) is 4.07. The van der Waals surface area contributed by atoms with Crippen molar-refractivity contribution >= 4 is 27.5 Å². The number of hydrogen-bond acceptors (Lipinski definition) is 4. The molecule has 1 aromatic heterocycles. The smallest absolute Gasteiger partial charge is 0.274 e. The van der Waals surface area contributed by atoms with Gasteiger partial charge in [-0.15, -0.1) is 0 Å². The van der Waals surface area contributed by atoms with Crippen molar-refractivity contribution in [1.82, 2.24) is 9.97 Å². The first-order valence-corrected chi connectivity index (χ1v) is 8.06. The van der Waals surface area contributed by atoms with Crippen LogP contribution in [-0.2, 0) is 6.61 Å². The van der Waals surface area contributed by atoms with Gasteiger partial charge in [0.25, 0.3) is 5.91 Å². The van der Waals surface area contributed by atoms with Gasteiger partial charge in [-0.1, -0.05) is 46.3 Å². The molecule has 5 nitrogen and oxygen atoms in total. The summed E-state index contributed by atoms with van der Waals surface area (Å²) < 4.78 is 6.56. The zero-order valence-corrected chi connectivity index (χ0v) is 14.2. The summed E-state index contributed by atoms with van der Waals surface area (Å²) in [6, 6.07) is 18.6. The molecule has 1 N–H and O–H groups in total. The fourth-order valence-electron chi connectivity index (χ4n) is 2.00. The second kappa shape index (κ2) is 7.70. The number of carbonyl (C=O) groups is 1. The van der Waals surface area contributed by atoms with Gasteiger partial charge in [0.2, 0.25) is 5.88 Å². The van der Waals surface area contributed by atoms with Crippen LogP contribution in [0.1, 0.15) is 16.1 Å². The maximum atomic E-state index is 12.3. The largest absolute Gasteiger partial charge is 0.473 e. The summed E-state index contributed by atoms with van der Waals surface area (Å²) >= 11 is 3.35. The van der Waals surface area contributed by atoms with E-state index in [1.165, 1.54) is 12.4 Å². The summed E-state index contributed by atoms with van der Waals surface area (Å²) in [5.41, 5.74) is 1.96. The lowest BCUT2D eigenvalue weighted by Crippen LogP contribution is -2.14. The molecule has 3 aromatic rings. The Hall–Kier alpha value is -2.73. The van der Waals surface area contributed by atoms with Gasteiger partial charge >= 0.3 is 0 Å². The molecule has 0 aliphatic rings. The molecule has 3 rings (SSSR count). The number of carbonyl (C=O) groups excluding carboxylic acids is 1. The Labute approximate surface area is 147 Å². The Morgan fingerprint density at radius 1 is 1.04 bits per heavy atom. The molecule has 0 saturated heterocycles. The van der Waals surface area contributed by atoms with Gasteiger partial charge in [-0.05, 0) is 29.8 Å². The first-order valence-electron chi connectivity index (χ1n) is 7.26. The number of rotatable bonds is 5. The molecule has 0 fully saturated rings. The van der Waals surface area contributed by atoms with E-state index in [2.05, 4.69) is 31.2 Å². The maximum Gasteiger partial charge on any atom is 0.274 e. The molecule has 0 aliphatic heterocycles. The number of nitrogens with zero attached hydrogens (tertiary/aromatic N) is 2. The molecule has 0 bridgehead atoms. The molecular formula is C18H14BrN3O2. The minimum atomic E-state index is -0.315. The second-order valence-electron chi connectivity index (χ2n) is 4.98. The first kappa shape index (κ1) is 16.1. The number of benzene rings is 2. The van der Waals surface area contributed by atoms with E-state index in [0.29, 0.717) is 18.2 Å². The Balaban J connectivity index is 1.65. The van der Waals surface area contributed by atoms with Crippen molar-refractivity contribution in [2.24, 2.45) is 0 Å². The van der Waals surface area contributed by atoms with Gasteiger partial charge in [0.05, 0.1) is 0 Å². The number of halogens is 1. The molecule has 0 saturated carbocycles. The lowest BCUT2D eigenvalue weighted by molar-refractivity contribution is 0.102. The molecule has 0 spiro atoms. The quantitative estimate of drug-likeness (QED) is 0.720. The van der Waals surface area contributed by atoms with E-state index in [9.17, 15) is 4.79 Å². The summed E-state index contributed by atoms with van der Waals surface area (Å²) in [4.78, 5) is 20.3. The van der Waals surface area contributed by atoms with Crippen LogP contribution in [0.3, 0.4) is 0 Å². The number of ether oxygens (including phenoxy) is 1. The highest BCUT2D eigenvalue weighted by Crippen LogP contribution is 2.16. The summed E-state index contributed by atoms with van der Waals surface area (Å²) in [7, 11) is 0. The Kier molecular flexibility index (Phi) is 5.18. The van der Waals surface area contributed by atoms with Crippen molar-refractivity contribution in [3.8, 4) is 5.88 Å². The summed E-state index contributed by atoms with van der Waals surface area (Å²) in [6.45, 7) is 0.381. The predicted molar refractivity (Wildman–Crippen MR) is 94.9 cm³/mol. The van der Waals surface area contributed by atoms with Crippen LogP contribution in [0.15, 0.2) is 71.5 Å². The van der Waals surface area contributed by atoms with E-state index in [1.54, 1.807) is 12.1 Å². The third-order valence-electron chi connectivity index (χ3n) is 3.21. The zero-order chi connectivity index (χ0) is 16.8. The van der Waals surface area contributed by atoms with Gasteiger partial charge in [-0.2, -0.15) is 0 Å². The monoisotopic (exact) mass is 383 g/mol. The van der Waals surface area contributed by atoms with Gasteiger partial charge in [0.1, 0.15) is 18.6 Å². The van der Waals surface area contributed by atoms with E-state index in [4.69, 9.17) is 4.74 Å². The molecule has 0 atom stereocenters. The van der Waals surface area contributed by atoms with Gasteiger partial charge in [0.15, 0.2) is 0 Å². The Morgan fingerprint density at radius 3 is 2.54 bits per heavy atom. The van der Waals surface area contributed by atoms with E-state index in [-0.39, 0.29) is 11.6 Å². The molecule has 1 heterocycles. The molecular weight excluding hydrogens is 370 g/mol. The van der Waals surface area contributed by atoms with Crippen LogP contribution in [0.2, 0.25) is 0 Å². The van der Waals surface area contributed by atoms with Crippen LogP contribution in [0.25, 0.3) is 0 Å². The van der Waals surface area contributed by atoms with Crippen LogP contribution < -0.4 is 10.1 Å². The third kappa shape index (κ3) is 4.39. The van der Waals surface area contributed by atoms with Crippen molar-refractivity contribution in [1.29, 1.82) is 0 Å². The van der Waals surface area contributed by atoms with Gasteiger partial charge in [0, 0.05) is 16.2 Å². The first-order chi connectivity index (χ1) is 11.7. The molecule has 2 aromatic carbocycles. The summed E-state index contributed by atoms with van der Waals surface area (Å²) in [5, 5.41) is 2.78. The average molecular weight is 384 g/mol. The minimum absolute atomic E-state index is 0.246. The van der Waals surface area contributed by atoms with Crippen molar-refractivity contribution in [3.63, 3.8) is 0 Å².